The molecule has 0 nitrogen and oxygen atoms in total. The van der Waals surface area contributed by atoms with Crippen molar-refractivity contribution in [1.82, 2.24) is 0 Å². The first-order valence-electron chi connectivity index (χ1n) is 15.1. The van der Waals surface area contributed by atoms with E-state index in [2.05, 4.69) is 67.5 Å². The second kappa shape index (κ2) is 14.1. The van der Waals surface area contributed by atoms with Gasteiger partial charge in [-0.3, -0.25) is 0 Å². The second-order valence-corrected chi connectivity index (χ2v) is 13.1. The summed E-state index contributed by atoms with van der Waals surface area (Å²) in [5.41, 5.74) is 1.36. The Balaban J connectivity index is 0.000000894. The maximum atomic E-state index is 4.00. The van der Waals surface area contributed by atoms with Crippen molar-refractivity contribution in [2.75, 3.05) is 0 Å². The van der Waals surface area contributed by atoms with Crippen molar-refractivity contribution in [1.29, 1.82) is 0 Å². The van der Waals surface area contributed by atoms with Crippen LogP contribution in [0, 0.1) is 71.0 Å². The van der Waals surface area contributed by atoms with Gasteiger partial charge < -0.3 is 0 Å². The molecule has 4 fully saturated rings. The van der Waals surface area contributed by atoms with Crippen molar-refractivity contribution < 1.29 is 0 Å². The van der Waals surface area contributed by atoms with Crippen molar-refractivity contribution in [3.8, 4) is 12.8 Å². The van der Waals surface area contributed by atoms with Crippen LogP contribution >= 0.6 is 0 Å². The molecule has 9 atom stereocenters. The Morgan fingerprint density at radius 2 is 1.38 bits per heavy atom. The van der Waals surface area contributed by atoms with Crippen LogP contribution in [0.2, 0.25) is 0 Å². The maximum absolute atomic E-state index is 4.00. The summed E-state index contributed by atoms with van der Waals surface area (Å²) in [5, 5.41) is 0. The molecule has 0 heterocycles. The van der Waals surface area contributed by atoms with Gasteiger partial charge in [-0.25, -0.2) is 0 Å². The summed E-state index contributed by atoms with van der Waals surface area (Å²) in [6.07, 6.45) is 26.3. The van der Waals surface area contributed by atoms with Crippen LogP contribution in [0.1, 0.15) is 132 Å². The first kappa shape index (κ1) is 31.3. The maximum Gasteiger partial charge on any atom is -0.0264 e. The lowest BCUT2D eigenvalue weighted by molar-refractivity contribution is -0.120. The molecule has 4 saturated carbocycles. The van der Waals surface area contributed by atoms with E-state index < -0.39 is 0 Å². The lowest BCUT2D eigenvalue weighted by Crippen LogP contribution is -2.53. The zero-order valence-electron chi connectivity index (χ0n) is 24.7. The molecule has 0 saturated heterocycles. The zero-order valence-corrected chi connectivity index (χ0v) is 24.7. The van der Waals surface area contributed by atoms with Gasteiger partial charge in [-0.15, -0.1) is 26.0 Å². The first-order chi connectivity index (χ1) is 16.3. The minimum Gasteiger partial charge on any atom is -0.124 e. The van der Waals surface area contributed by atoms with E-state index in [9.17, 15) is 0 Å². The van der Waals surface area contributed by atoms with Crippen LogP contribution in [0.3, 0.4) is 0 Å². The van der Waals surface area contributed by atoms with Gasteiger partial charge in [-0.2, -0.15) is 0 Å². The Bertz CT molecular complexity index is 586. The number of hydrogen-bond donors (Lipinski definition) is 0. The van der Waals surface area contributed by atoms with E-state index in [1.54, 1.807) is 44.9 Å². The molecular weight excluding hydrogens is 408 g/mol. The summed E-state index contributed by atoms with van der Waals surface area (Å²) in [7, 11) is 0. The molecule has 0 bridgehead atoms. The first-order valence-corrected chi connectivity index (χ1v) is 15.1. The predicted octanol–water partition coefficient (Wildman–Crippen LogP) is 10.8. The van der Waals surface area contributed by atoms with E-state index in [-0.39, 0.29) is 0 Å². The van der Waals surface area contributed by atoms with Gasteiger partial charge in [0.25, 0.3) is 0 Å². The van der Waals surface area contributed by atoms with Crippen LogP contribution in [0.15, 0.2) is 13.2 Å². The second-order valence-electron chi connectivity index (χ2n) is 13.1. The Morgan fingerprint density at radius 3 is 2.00 bits per heavy atom. The third-order valence-corrected chi connectivity index (χ3v) is 11.1. The molecule has 0 aromatic heterocycles. The number of rotatable bonds is 5. The molecule has 0 spiro atoms. The number of fused-ring (bicyclic) bond motifs is 5. The van der Waals surface area contributed by atoms with Gasteiger partial charge in [-0.05, 0) is 110 Å². The average molecular weight is 471 g/mol. The molecule has 34 heavy (non-hydrogen) atoms. The third-order valence-electron chi connectivity index (χ3n) is 11.1. The fourth-order valence-corrected chi connectivity index (χ4v) is 9.50. The van der Waals surface area contributed by atoms with Crippen LogP contribution in [0.4, 0.5) is 0 Å². The Labute approximate surface area is 216 Å². The van der Waals surface area contributed by atoms with Crippen molar-refractivity contribution in [2.45, 2.75) is 132 Å². The Morgan fingerprint density at radius 1 is 0.794 bits per heavy atom. The van der Waals surface area contributed by atoms with E-state index in [1.165, 1.54) is 32.1 Å². The van der Waals surface area contributed by atoms with Crippen LogP contribution in [-0.2, 0) is 0 Å². The van der Waals surface area contributed by atoms with E-state index >= 15 is 0 Å². The summed E-state index contributed by atoms with van der Waals surface area (Å²) >= 11 is 0. The largest absolute Gasteiger partial charge is 0.124 e. The number of terminal acetylenes is 1. The molecule has 0 aromatic rings. The lowest BCUT2D eigenvalue weighted by Gasteiger charge is -2.61. The quantitative estimate of drug-likeness (QED) is 0.277. The van der Waals surface area contributed by atoms with Crippen molar-refractivity contribution in [3.63, 3.8) is 0 Å². The van der Waals surface area contributed by atoms with Crippen LogP contribution in [0.5, 0.6) is 0 Å². The SMILES string of the molecule is C#C.C=C.CC.CC(C)CCCC(C)C1CCC2C3CCC4CC(C)CCC4(C)C3CCC12C. The molecule has 0 amide bonds. The van der Waals surface area contributed by atoms with Crippen LogP contribution in [-0.4, -0.2) is 0 Å². The molecule has 198 valence electrons. The van der Waals surface area contributed by atoms with Crippen molar-refractivity contribution in [2.24, 2.45) is 58.2 Å². The summed E-state index contributed by atoms with van der Waals surface area (Å²) in [6.45, 7) is 25.4. The van der Waals surface area contributed by atoms with E-state index in [0.717, 1.165) is 47.3 Å². The van der Waals surface area contributed by atoms with Gasteiger partial charge in [0.15, 0.2) is 0 Å². The molecule has 4 aliphatic rings. The molecule has 0 heteroatoms. The van der Waals surface area contributed by atoms with Gasteiger partial charge >= 0.3 is 0 Å². The summed E-state index contributed by atoms with van der Waals surface area (Å²) in [4.78, 5) is 0. The minimum atomic E-state index is 0.670. The highest BCUT2D eigenvalue weighted by molar-refractivity contribution is 5.09. The molecule has 0 radical (unpaired) electrons. The molecular formula is C34H62. The Hall–Kier alpha value is -0.700. The fraction of sp³-hybridized carbons (Fsp3) is 0.882. The lowest BCUT2D eigenvalue weighted by atomic mass is 9.44. The number of hydrogen-bond acceptors (Lipinski definition) is 0. The minimum absolute atomic E-state index is 0.670. The van der Waals surface area contributed by atoms with Gasteiger partial charge in [0.1, 0.15) is 0 Å². The van der Waals surface area contributed by atoms with Gasteiger partial charge in [0, 0.05) is 0 Å². The highest BCUT2D eigenvalue weighted by Gasteiger charge is 2.60. The summed E-state index contributed by atoms with van der Waals surface area (Å²) in [5.74, 6) is 8.08. The van der Waals surface area contributed by atoms with Crippen LogP contribution in [0.25, 0.3) is 0 Å². The predicted molar refractivity (Wildman–Crippen MR) is 155 cm³/mol. The van der Waals surface area contributed by atoms with E-state index in [0.29, 0.717) is 10.8 Å². The van der Waals surface area contributed by atoms with Crippen molar-refractivity contribution >= 4 is 0 Å². The standard InChI is InChI=1S/C28H50.C2H6.C2H4.C2H2/c1-19(2)8-7-9-21(4)24-12-13-25-23-11-10-22-18-20(3)14-16-27(22,5)26(23)15-17-28(24,25)6;3*1-2/h19-26H,7-18H2,1-6H3;1-2H3;1-2H2;1-2H. The molecule has 4 rings (SSSR count). The zero-order chi connectivity index (χ0) is 26.1. The molecule has 0 N–H and O–H groups in total. The van der Waals surface area contributed by atoms with Gasteiger partial charge in [0.2, 0.25) is 0 Å². The normalized spacial score (nSPS) is 41.0. The highest BCUT2D eigenvalue weighted by atomic mass is 14.6. The molecule has 0 aliphatic heterocycles. The van der Waals surface area contributed by atoms with Gasteiger partial charge in [-0.1, -0.05) is 81.1 Å². The topological polar surface area (TPSA) is 0 Å². The van der Waals surface area contributed by atoms with E-state index in [4.69, 9.17) is 0 Å². The molecule has 0 aromatic carbocycles. The van der Waals surface area contributed by atoms with Crippen molar-refractivity contribution in [3.05, 3.63) is 13.2 Å². The summed E-state index contributed by atoms with van der Waals surface area (Å²) in [6, 6.07) is 0. The highest BCUT2D eigenvalue weighted by Crippen LogP contribution is 2.68. The van der Waals surface area contributed by atoms with Crippen LogP contribution < -0.4 is 0 Å². The third kappa shape index (κ3) is 6.34. The average Bonchev–Trinajstić information content (AvgIpc) is 3.20. The summed E-state index contributed by atoms with van der Waals surface area (Å²) < 4.78 is 0. The van der Waals surface area contributed by atoms with Gasteiger partial charge in [0.05, 0.1) is 0 Å². The molecule has 4 aliphatic carbocycles. The smallest absolute Gasteiger partial charge is 0.0264 e. The van der Waals surface area contributed by atoms with E-state index in [1.807, 2.05) is 13.8 Å². The Kier molecular flexibility index (Phi) is 13.0. The fourth-order valence-electron chi connectivity index (χ4n) is 9.50. The monoisotopic (exact) mass is 470 g/mol. The molecule has 9 unspecified atom stereocenters.